The van der Waals surface area contributed by atoms with E-state index in [4.69, 9.17) is 4.74 Å². The van der Waals surface area contributed by atoms with Crippen LogP contribution in [0.2, 0.25) is 0 Å². The highest BCUT2D eigenvalue weighted by atomic mass is 32.2. The molecule has 0 aliphatic rings. The highest BCUT2D eigenvalue weighted by Crippen LogP contribution is 2.21. The van der Waals surface area contributed by atoms with Crippen LogP contribution in [-0.2, 0) is 17.0 Å². The Balaban J connectivity index is 2.24. The van der Waals surface area contributed by atoms with Crippen LogP contribution in [0.1, 0.15) is 12.7 Å². The summed E-state index contributed by atoms with van der Waals surface area (Å²) in [6, 6.07) is 5.10. The summed E-state index contributed by atoms with van der Waals surface area (Å²) in [6.07, 6.45) is 0. The molecule has 0 aliphatic heterocycles. The number of aryl methyl sites for hydroxylation is 1. The van der Waals surface area contributed by atoms with Crippen molar-refractivity contribution in [2.75, 3.05) is 19.5 Å². The van der Waals surface area contributed by atoms with E-state index in [9.17, 15) is 4.39 Å². The second-order valence-electron chi connectivity index (χ2n) is 3.93. The third-order valence-electron chi connectivity index (χ3n) is 2.79. The number of halogens is 1. The first-order valence-corrected chi connectivity index (χ1v) is 7.13. The number of hydrogen-bond donors (Lipinski definition) is 0. The lowest BCUT2D eigenvalue weighted by Crippen LogP contribution is -2.01. The summed E-state index contributed by atoms with van der Waals surface area (Å²) in [5.74, 6) is 2.39. The van der Waals surface area contributed by atoms with Gasteiger partial charge in [0, 0.05) is 19.4 Å². The van der Waals surface area contributed by atoms with Crippen molar-refractivity contribution in [1.82, 2.24) is 9.55 Å². The number of nitrogens with zero attached hydrogens (tertiary/aromatic N) is 2. The number of imidazole rings is 1. The van der Waals surface area contributed by atoms with Gasteiger partial charge in [-0.25, -0.2) is 9.37 Å². The van der Waals surface area contributed by atoms with E-state index in [1.54, 1.807) is 24.9 Å². The first kappa shape index (κ1) is 13.4. The quantitative estimate of drug-likeness (QED) is 0.753. The average molecular weight is 268 g/mol. The Kier molecular flexibility index (Phi) is 4.60. The maximum atomic E-state index is 13.7. The van der Waals surface area contributed by atoms with Crippen molar-refractivity contribution in [3.05, 3.63) is 29.8 Å². The minimum atomic E-state index is -0.247. The molecular formula is C13H17FN2OS. The molecule has 98 valence electrons. The maximum Gasteiger partial charge on any atom is 0.151 e. The Morgan fingerprint density at radius 1 is 1.44 bits per heavy atom. The Morgan fingerprint density at radius 3 is 3.00 bits per heavy atom. The number of fused-ring (bicyclic) bond motifs is 1. The van der Waals surface area contributed by atoms with Gasteiger partial charge in [-0.3, -0.25) is 0 Å². The highest BCUT2D eigenvalue weighted by molar-refractivity contribution is 7.98. The average Bonchev–Trinajstić information content (AvgIpc) is 2.74. The van der Waals surface area contributed by atoms with E-state index in [-0.39, 0.29) is 5.82 Å². The second kappa shape index (κ2) is 6.20. The fraction of sp³-hybridized carbons (Fsp3) is 0.462. The van der Waals surface area contributed by atoms with Crippen LogP contribution in [0, 0.1) is 5.82 Å². The predicted molar refractivity (Wildman–Crippen MR) is 73.4 cm³/mol. The molecule has 2 aromatic rings. The Hall–Kier alpha value is -1.07. The van der Waals surface area contributed by atoms with Crippen molar-refractivity contribution < 1.29 is 9.13 Å². The van der Waals surface area contributed by atoms with Crippen molar-refractivity contribution >= 4 is 22.8 Å². The van der Waals surface area contributed by atoms with E-state index in [0.29, 0.717) is 5.52 Å². The predicted octanol–water partition coefficient (Wildman–Crippen LogP) is 3.07. The molecular weight excluding hydrogens is 251 g/mol. The molecule has 0 fully saturated rings. The Bertz CT molecular complexity index is 527. The standard InChI is InChI=1S/C13H17FN2OS/c1-3-16-11-6-4-5-10(14)13(11)15-12(16)9-18-8-7-17-2/h4-6H,3,7-9H2,1-2H3. The van der Waals surface area contributed by atoms with Crippen molar-refractivity contribution in [3.63, 3.8) is 0 Å². The van der Waals surface area contributed by atoms with Gasteiger partial charge in [0.2, 0.25) is 0 Å². The van der Waals surface area contributed by atoms with Crippen LogP contribution in [0.5, 0.6) is 0 Å². The molecule has 0 bridgehead atoms. The van der Waals surface area contributed by atoms with Gasteiger partial charge in [0.15, 0.2) is 5.82 Å². The van der Waals surface area contributed by atoms with Crippen LogP contribution in [-0.4, -0.2) is 29.0 Å². The van der Waals surface area contributed by atoms with Gasteiger partial charge in [-0.15, -0.1) is 0 Å². The Morgan fingerprint density at radius 2 is 2.28 bits per heavy atom. The lowest BCUT2D eigenvalue weighted by Gasteiger charge is -2.05. The minimum absolute atomic E-state index is 0.247. The van der Waals surface area contributed by atoms with Crippen molar-refractivity contribution in [2.24, 2.45) is 0 Å². The van der Waals surface area contributed by atoms with E-state index in [1.807, 2.05) is 6.07 Å². The van der Waals surface area contributed by atoms with E-state index in [2.05, 4.69) is 16.5 Å². The summed E-state index contributed by atoms with van der Waals surface area (Å²) >= 11 is 1.75. The van der Waals surface area contributed by atoms with Gasteiger partial charge in [0.1, 0.15) is 11.3 Å². The molecule has 1 aromatic heterocycles. The zero-order valence-electron chi connectivity index (χ0n) is 10.6. The number of methoxy groups -OCH3 is 1. The summed E-state index contributed by atoms with van der Waals surface area (Å²) in [7, 11) is 1.69. The van der Waals surface area contributed by atoms with Crippen molar-refractivity contribution in [3.8, 4) is 0 Å². The molecule has 0 aliphatic carbocycles. The summed E-state index contributed by atoms with van der Waals surface area (Å²) in [6.45, 7) is 3.58. The number of aromatic nitrogens is 2. The highest BCUT2D eigenvalue weighted by Gasteiger charge is 2.12. The van der Waals surface area contributed by atoms with Gasteiger partial charge in [-0.05, 0) is 19.1 Å². The largest absolute Gasteiger partial charge is 0.384 e. The molecule has 0 amide bonds. The zero-order chi connectivity index (χ0) is 13.0. The minimum Gasteiger partial charge on any atom is -0.384 e. The molecule has 1 aromatic carbocycles. The molecule has 0 unspecified atom stereocenters. The first-order chi connectivity index (χ1) is 8.77. The fourth-order valence-electron chi connectivity index (χ4n) is 1.93. The molecule has 5 heteroatoms. The van der Waals surface area contributed by atoms with E-state index < -0.39 is 0 Å². The molecule has 18 heavy (non-hydrogen) atoms. The topological polar surface area (TPSA) is 27.1 Å². The van der Waals surface area contributed by atoms with Crippen LogP contribution in [0.15, 0.2) is 18.2 Å². The van der Waals surface area contributed by atoms with E-state index >= 15 is 0 Å². The normalized spacial score (nSPS) is 11.3. The monoisotopic (exact) mass is 268 g/mol. The molecule has 0 radical (unpaired) electrons. The molecule has 3 nitrogen and oxygen atoms in total. The molecule has 0 N–H and O–H groups in total. The molecule has 1 heterocycles. The molecule has 0 saturated carbocycles. The van der Waals surface area contributed by atoms with Crippen LogP contribution in [0.3, 0.4) is 0 Å². The Labute approximate surface area is 110 Å². The number of rotatable bonds is 6. The van der Waals surface area contributed by atoms with Gasteiger partial charge >= 0.3 is 0 Å². The summed E-state index contributed by atoms with van der Waals surface area (Å²) in [5, 5.41) is 0. The van der Waals surface area contributed by atoms with Gasteiger partial charge in [-0.1, -0.05) is 6.07 Å². The lowest BCUT2D eigenvalue weighted by atomic mass is 10.3. The van der Waals surface area contributed by atoms with Crippen LogP contribution < -0.4 is 0 Å². The first-order valence-electron chi connectivity index (χ1n) is 5.98. The zero-order valence-corrected chi connectivity index (χ0v) is 11.5. The third-order valence-corrected chi connectivity index (χ3v) is 3.71. The number of para-hydroxylation sites is 1. The van der Waals surface area contributed by atoms with Gasteiger partial charge < -0.3 is 9.30 Å². The van der Waals surface area contributed by atoms with E-state index in [0.717, 1.165) is 36.0 Å². The smallest absolute Gasteiger partial charge is 0.151 e. The summed E-state index contributed by atoms with van der Waals surface area (Å²) in [4.78, 5) is 4.41. The van der Waals surface area contributed by atoms with Crippen LogP contribution >= 0.6 is 11.8 Å². The van der Waals surface area contributed by atoms with Crippen molar-refractivity contribution in [1.29, 1.82) is 0 Å². The molecule has 0 atom stereocenters. The number of ether oxygens (including phenoxy) is 1. The number of hydrogen-bond acceptors (Lipinski definition) is 3. The van der Waals surface area contributed by atoms with Crippen LogP contribution in [0.4, 0.5) is 4.39 Å². The lowest BCUT2D eigenvalue weighted by molar-refractivity contribution is 0.218. The molecule has 2 rings (SSSR count). The summed E-state index contributed by atoms with van der Waals surface area (Å²) in [5.41, 5.74) is 1.35. The molecule has 0 saturated heterocycles. The van der Waals surface area contributed by atoms with Crippen molar-refractivity contribution in [2.45, 2.75) is 19.2 Å². The number of benzene rings is 1. The van der Waals surface area contributed by atoms with Gasteiger partial charge in [-0.2, -0.15) is 11.8 Å². The van der Waals surface area contributed by atoms with Gasteiger partial charge in [0.05, 0.1) is 17.9 Å². The van der Waals surface area contributed by atoms with Gasteiger partial charge in [0.25, 0.3) is 0 Å². The van der Waals surface area contributed by atoms with E-state index in [1.165, 1.54) is 6.07 Å². The SMILES string of the molecule is CCn1c(CSCCOC)nc2c(F)cccc21. The maximum absolute atomic E-state index is 13.7. The molecule has 0 spiro atoms. The van der Waals surface area contributed by atoms with Crippen LogP contribution in [0.25, 0.3) is 11.0 Å². The summed E-state index contributed by atoms with van der Waals surface area (Å²) < 4.78 is 20.7. The third kappa shape index (κ3) is 2.67. The number of thioether (sulfide) groups is 1. The fourth-order valence-corrected chi connectivity index (χ4v) is 2.76. The second-order valence-corrected chi connectivity index (χ2v) is 5.03.